The number of rotatable bonds is 9. The summed E-state index contributed by atoms with van der Waals surface area (Å²) >= 11 is 1.19. The van der Waals surface area contributed by atoms with Crippen LogP contribution in [0.1, 0.15) is 88.0 Å². The number of aryl methyl sites for hydroxylation is 2. The quantitative estimate of drug-likeness (QED) is 0.218. The zero-order valence-electron chi connectivity index (χ0n) is 23.6. The highest BCUT2D eigenvalue weighted by Gasteiger charge is 2.56. The lowest BCUT2D eigenvalue weighted by atomic mass is 9.73. The number of benzene rings is 2. The Morgan fingerprint density at radius 2 is 1.83 bits per heavy atom. The van der Waals surface area contributed by atoms with Gasteiger partial charge in [-0.15, -0.1) is 11.3 Å². The molecular formula is C32H33FN2O6S. The van der Waals surface area contributed by atoms with Gasteiger partial charge < -0.3 is 24.2 Å². The van der Waals surface area contributed by atoms with Crippen molar-refractivity contribution in [2.45, 2.75) is 83.2 Å². The molecule has 0 unspecified atom stereocenters. The van der Waals surface area contributed by atoms with Gasteiger partial charge in [0.25, 0.3) is 0 Å². The minimum atomic E-state index is -1.19. The van der Waals surface area contributed by atoms with E-state index in [0.717, 1.165) is 65.6 Å². The minimum Gasteiger partial charge on any atom is -0.487 e. The summed E-state index contributed by atoms with van der Waals surface area (Å²) < 4.78 is 33.6. The molecule has 0 aliphatic heterocycles. The molecule has 4 aromatic rings. The van der Waals surface area contributed by atoms with Gasteiger partial charge in [0.15, 0.2) is 5.82 Å². The number of fused-ring (bicyclic) bond motifs is 3. The second-order valence-corrected chi connectivity index (χ2v) is 13.1. The summed E-state index contributed by atoms with van der Waals surface area (Å²) in [5.41, 5.74) is 2.67. The van der Waals surface area contributed by atoms with Crippen LogP contribution in [0.25, 0.3) is 10.2 Å². The van der Waals surface area contributed by atoms with Crippen molar-refractivity contribution < 1.29 is 33.4 Å². The Labute approximate surface area is 246 Å². The Balaban J connectivity index is 1.07. The summed E-state index contributed by atoms with van der Waals surface area (Å²) in [6.45, 7) is 4.73. The van der Waals surface area contributed by atoms with Gasteiger partial charge in [-0.1, -0.05) is 23.4 Å². The van der Waals surface area contributed by atoms with Gasteiger partial charge >= 0.3 is 5.97 Å². The Bertz CT molecular complexity index is 1640. The van der Waals surface area contributed by atoms with Crippen molar-refractivity contribution in [2.75, 3.05) is 0 Å². The number of aliphatic hydroxyl groups is 1. The molecule has 220 valence electrons. The van der Waals surface area contributed by atoms with Crippen molar-refractivity contribution in [3.8, 4) is 5.75 Å². The number of carboxylic acid groups (broad SMARTS) is 1. The molecule has 3 aliphatic carbocycles. The zero-order valence-corrected chi connectivity index (χ0v) is 24.4. The molecule has 3 fully saturated rings. The van der Waals surface area contributed by atoms with Gasteiger partial charge in [0.05, 0.1) is 23.0 Å². The van der Waals surface area contributed by atoms with Crippen LogP contribution in [0.5, 0.6) is 5.75 Å². The summed E-state index contributed by atoms with van der Waals surface area (Å²) in [5, 5.41) is 26.1. The van der Waals surface area contributed by atoms with Gasteiger partial charge in [-0.3, -0.25) is 0 Å². The molecule has 42 heavy (non-hydrogen) atoms. The predicted molar refractivity (Wildman–Crippen MR) is 153 cm³/mol. The van der Waals surface area contributed by atoms with Crippen LogP contribution in [0.4, 0.5) is 4.39 Å². The lowest BCUT2D eigenvalue weighted by molar-refractivity contribution is -0.116. The highest BCUT2D eigenvalue weighted by molar-refractivity contribution is 7.18. The molecule has 2 heterocycles. The number of aromatic nitrogens is 2. The van der Waals surface area contributed by atoms with Crippen molar-refractivity contribution in [3.63, 3.8) is 0 Å². The summed E-state index contributed by atoms with van der Waals surface area (Å²) in [4.78, 5) is 15.9. The molecule has 0 radical (unpaired) electrons. The van der Waals surface area contributed by atoms with Crippen LogP contribution in [0.15, 0.2) is 34.9 Å². The Hall–Kier alpha value is -3.34. The first-order chi connectivity index (χ1) is 20.2. The van der Waals surface area contributed by atoms with Crippen molar-refractivity contribution in [2.24, 2.45) is 11.8 Å². The Morgan fingerprint density at radius 1 is 1.12 bits per heavy atom. The first-order valence-corrected chi connectivity index (χ1v) is 15.4. The number of carbonyl (C=O) groups is 1. The molecule has 2 aromatic carbocycles. The number of nitrogens with zero attached hydrogens (tertiary/aromatic N) is 2. The molecule has 10 heteroatoms. The molecule has 3 aliphatic rings. The normalized spacial score (nSPS) is 25.3. The van der Waals surface area contributed by atoms with E-state index in [1.54, 1.807) is 0 Å². The molecule has 3 saturated carbocycles. The number of thiazole rings is 1. The smallest absolute Gasteiger partial charge is 0.335 e. The van der Waals surface area contributed by atoms with Crippen LogP contribution < -0.4 is 4.74 Å². The fourth-order valence-corrected chi connectivity index (χ4v) is 8.20. The molecule has 8 nitrogen and oxygen atoms in total. The van der Waals surface area contributed by atoms with E-state index in [1.807, 2.05) is 32.0 Å². The molecule has 4 atom stereocenters. The largest absolute Gasteiger partial charge is 0.487 e. The van der Waals surface area contributed by atoms with E-state index in [9.17, 15) is 19.4 Å². The van der Waals surface area contributed by atoms with Crippen LogP contribution in [-0.2, 0) is 23.6 Å². The minimum absolute atomic E-state index is 0.0539. The van der Waals surface area contributed by atoms with E-state index >= 15 is 0 Å². The van der Waals surface area contributed by atoms with E-state index in [4.69, 9.17) is 14.0 Å². The van der Waals surface area contributed by atoms with Crippen molar-refractivity contribution in [1.82, 2.24) is 10.1 Å². The highest BCUT2D eigenvalue weighted by Crippen LogP contribution is 2.57. The number of para-hydroxylation sites is 1. The van der Waals surface area contributed by atoms with E-state index in [2.05, 4.69) is 10.1 Å². The first-order valence-electron chi connectivity index (χ1n) is 14.6. The van der Waals surface area contributed by atoms with Gasteiger partial charge in [0, 0.05) is 11.5 Å². The number of ether oxygens (including phenoxy) is 2. The van der Waals surface area contributed by atoms with Gasteiger partial charge in [-0.2, -0.15) is 0 Å². The number of halogens is 1. The topological polar surface area (TPSA) is 115 Å². The second kappa shape index (κ2) is 10.4. The van der Waals surface area contributed by atoms with Crippen LogP contribution in [0.2, 0.25) is 0 Å². The molecule has 2 bridgehead atoms. The molecule has 2 aromatic heterocycles. The maximum absolute atomic E-state index is 14.7. The van der Waals surface area contributed by atoms with Gasteiger partial charge in [-0.05, 0) is 87.5 Å². The standard InChI is InChI=1S/C32H33FN2O6S/c1-16-4-3-5-17(2)28(16)40-15-25-23(29(41-35-25)18-6-7-18)14-39-22-12-20-8-9-21(13-22)32(20,38)31-34-27-24(33)10-19(30(36)37)11-26(27)42-31/h3-5,10-11,18,20-22,38H,6-9,12-15H2,1-2H3,(H,36,37)/t20-,21+,22+,32-. The Kier molecular flexibility index (Phi) is 6.83. The fourth-order valence-electron chi connectivity index (χ4n) is 6.93. The molecule has 7 rings (SSSR count). The lowest BCUT2D eigenvalue weighted by Crippen LogP contribution is -2.44. The third kappa shape index (κ3) is 4.69. The molecule has 0 amide bonds. The van der Waals surface area contributed by atoms with Crippen LogP contribution in [0, 0.1) is 31.5 Å². The highest BCUT2D eigenvalue weighted by atomic mass is 32.1. The van der Waals surface area contributed by atoms with Crippen molar-refractivity contribution in [3.05, 3.63) is 74.9 Å². The van der Waals surface area contributed by atoms with Crippen LogP contribution >= 0.6 is 11.3 Å². The summed E-state index contributed by atoms with van der Waals surface area (Å²) in [6, 6.07) is 8.49. The van der Waals surface area contributed by atoms with Gasteiger partial charge in [0.2, 0.25) is 0 Å². The van der Waals surface area contributed by atoms with E-state index in [0.29, 0.717) is 41.7 Å². The summed E-state index contributed by atoms with van der Waals surface area (Å²) in [5.74, 6) is 0.0821. The third-order valence-electron chi connectivity index (χ3n) is 9.31. The fraction of sp³-hybridized carbons (Fsp3) is 0.469. The maximum Gasteiger partial charge on any atom is 0.335 e. The number of carboxylic acids is 1. The van der Waals surface area contributed by atoms with E-state index in [1.165, 1.54) is 17.4 Å². The molecule has 0 saturated heterocycles. The van der Waals surface area contributed by atoms with Gasteiger partial charge in [-0.25, -0.2) is 14.2 Å². The first kappa shape index (κ1) is 27.5. The summed E-state index contributed by atoms with van der Waals surface area (Å²) in [6.07, 6.45) is 5.08. The van der Waals surface area contributed by atoms with Crippen LogP contribution in [0.3, 0.4) is 0 Å². The number of aromatic carboxylic acids is 1. The van der Waals surface area contributed by atoms with Crippen molar-refractivity contribution >= 4 is 27.5 Å². The van der Waals surface area contributed by atoms with Gasteiger partial charge in [0.1, 0.15) is 39.9 Å². The van der Waals surface area contributed by atoms with Crippen molar-refractivity contribution in [1.29, 1.82) is 0 Å². The predicted octanol–water partition coefficient (Wildman–Crippen LogP) is 6.79. The average Bonchev–Trinajstić information content (AvgIpc) is 3.54. The SMILES string of the molecule is Cc1cccc(C)c1OCc1noc(C2CC2)c1CO[C@H]1C[C@H]2CC[C@@H](C1)[C@@]2(O)c1nc2c(F)cc(C(=O)O)cc2s1. The van der Waals surface area contributed by atoms with E-state index < -0.39 is 17.4 Å². The average molecular weight is 593 g/mol. The lowest BCUT2D eigenvalue weighted by Gasteiger charge is -2.41. The van der Waals surface area contributed by atoms with E-state index in [-0.39, 0.29) is 29.0 Å². The third-order valence-corrected chi connectivity index (χ3v) is 10.5. The molecule has 2 N–H and O–H groups in total. The zero-order chi connectivity index (χ0) is 29.2. The maximum atomic E-state index is 14.7. The Morgan fingerprint density at radius 3 is 2.50 bits per heavy atom. The molecular weight excluding hydrogens is 559 g/mol. The number of hydrogen-bond acceptors (Lipinski definition) is 8. The summed E-state index contributed by atoms with van der Waals surface area (Å²) in [7, 11) is 0. The second-order valence-electron chi connectivity index (χ2n) is 12.1. The molecule has 0 spiro atoms. The monoisotopic (exact) mass is 592 g/mol. The number of hydrogen-bond donors (Lipinski definition) is 2. The van der Waals surface area contributed by atoms with Crippen LogP contribution in [-0.4, -0.2) is 32.4 Å².